The van der Waals surface area contributed by atoms with Crippen molar-refractivity contribution >= 4 is 5.97 Å². The van der Waals surface area contributed by atoms with E-state index in [1.807, 2.05) is 18.2 Å². The molecule has 0 amide bonds. The van der Waals surface area contributed by atoms with Crippen molar-refractivity contribution in [2.24, 2.45) is 0 Å². The maximum Gasteiger partial charge on any atom is 0.337 e. The normalized spacial score (nSPS) is 10.7. The molecule has 0 fully saturated rings. The molecule has 0 aliphatic carbocycles. The summed E-state index contributed by atoms with van der Waals surface area (Å²) in [7, 11) is 0. The third kappa shape index (κ3) is 2.85. The van der Waals surface area contributed by atoms with E-state index in [1.54, 1.807) is 35.9 Å². The molecule has 0 radical (unpaired) electrons. The SMILES string of the molecule is Cc1c(C(=O)O)cn(Cc2ccccn2)c1-c1ccccc1F. The lowest BCUT2D eigenvalue weighted by atomic mass is 10.1. The average Bonchev–Trinajstić information content (AvgIpc) is 2.86. The highest BCUT2D eigenvalue weighted by Crippen LogP contribution is 2.30. The van der Waals surface area contributed by atoms with Crippen LogP contribution in [0.5, 0.6) is 0 Å². The van der Waals surface area contributed by atoms with Crippen LogP contribution in [0.4, 0.5) is 4.39 Å². The van der Waals surface area contributed by atoms with Gasteiger partial charge < -0.3 is 9.67 Å². The fourth-order valence-electron chi connectivity index (χ4n) is 2.68. The Morgan fingerprint density at radius 1 is 1.22 bits per heavy atom. The molecule has 0 aliphatic heterocycles. The van der Waals surface area contributed by atoms with Crippen LogP contribution in [-0.2, 0) is 6.54 Å². The zero-order valence-electron chi connectivity index (χ0n) is 12.5. The van der Waals surface area contributed by atoms with Gasteiger partial charge in [0.05, 0.1) is 23.5 Å². The first-order valence-electron chi connectivity index (χ1n) is 7.15. The van der Waals surface area contributed by atoms with Crippen LogP contribution in [0.15, 0.2) is 54.9 Å². The first kappa shape index (κ1) is 15.0. The van der Waals surface area contributed by atoms with Gasteiger partial charge in [-0.2, -0.15) is 0 Å². The lowest BCUT2D eigenvalue weighted by Crippen LogP contribution is -2.03. The smallest absolute Gasteiger partial charge is 0.337 e. The van der Waals surface area contributed by atoms with Crippen molar-refractivity contribution < 1.29 is 14.3 Å². The highest BCUT2D eigenvalue weighted by molar-refractivity contribution is 5.92. The third-order valence-electron chi connectivity index (χ3n) is 3.75. The van der Waals surface area contributed by atoms with Crippen LogP contribution in [0.3, 0.4) is 0 Å². The molecule has 0 aliphatic rings. The topological polar surface area (TPSA) is 55.1 Å². The predicted molar refractivity (Wildman–Crippen MR) is 84.9 cm³/mol. The Labute approximate surface area is 132 Å². The molecule has 2 aromatic heterocycles. The highest BCUT2D eigenvalue weighted by atomic mass is 19.1. The van der Waals surface area contributed by atoms with Gasteiger partial charge in [-0.1, -0.05) is 18.2 Å². The number of carboxylic acids is 1. The predicted octanol–water partition coefficient (Wildman–Crippen LogP) is 3.74. The van der Waals surface area contributed by atoms with Crippen LogP contribution in [0.2, 0.25) is 0 Å². The molecule has 0 spiro atoms. The summed E-state index contributed by atoms with van der Waals surface area (Å²) < 4.78 is 15.9. The van der Waals surface area contributed by atoms with Crippen molar-refractivity contribution in [3.8, 4) is 11.3 Å². The van der Waals surface area contributed by atoms with Gasteiger partial charge in [-0.3, -0.25) is 4.98 Å². The molecule has 3 rings (SSSR count). The number of carbonyl (C=O) groups is 1. The Bertz CT molecular complexity index is 857. The number of nitrogens with zero attached hydrogens (tertiary/aromatic N) is 2. The van der Waals surface area contributed by atoms with Crippen LogP contribution in [-0.4, -0.2) is 20.6 Å². The second-order valence-corrected chi connectivity index (χ2v) is 5.25. The fraction of sp³-hybridized carbons (Fsp3) is 0.111. The molecule has 3 aromatic rings. The molecule has 2 heterocycles. The van der Waals surface area contributed by atoms with Crippen molar-refractivity contribution in [3.63, 3.8) is 0 Å². The van der Waals surface area contributed by atoms with E-state index in [0.29, 0.717) is 23.4 Å². The summed E-state index contributed by atoms with van der Waals surface area (Å²) in [4.78, 5) is 15.7. The molecule has 0 saturated carbocycles. The van der Waals surface area contributed by atoms with Crippen molar-refractivity contribution in [1.29, 1.82) is 0 Å². The molecule has 0 saturated heterocycles. The molecular formula is C18H15FN2O2. The van der Waals surface area contributed by atoms with E-state index in [9.17, 15) is 14.3 Å². The standard InChI is InChI=1S/C18H15FN2O2/c1-12-15(18(22)23)11-21(10-13-6-4-5-9-20-13)17(12)14-7-2-3-8-16(14)19/h2-9,11H,10H2,1H3,(H,22,23). The van der Waals surface area contributed by atoms with Gasteiger partial charge >= 0.3 is 5.97 Å². The van der Waals surface area contributed by atoms with Gasteiger partial charge in [0.15, 0.2) is 0 Å². The van der Waals surface area contributed by atoms with E-state index >= 15 is 0 Å². The molecule has 0 atom stereocenters. The lowest BCUT2D eigenvalue weighted by Gasteiger charge is -2.11. The van der Waals surface area contributed by atoms with Crippen molar-refractivity contribution in [2.75, 3.05) is 0 Å². The number of aromatic nitrogens is 2. The molecular weight excluding hydrogens is 295 g/mol. The molecule has 0 bridgehead atoms. The Balaban J connectivity index is 2.17. The Kier molecular flexibility index (Phi) is 3.93. The Morgan fingerprint density at radius 3 is 2.61 bits per heavy atom. The first-order chi connectivity index (χ1) is 11.1. The third-order valence-corrected chi connectivity index (χ3v) is 3.75. The maximum absolute atomic E-state index is 14.2. The number of hydrogen-bond acceptors (Lipinski definition) is 2. The summed E-state index contributed by atoms with van der Waals surface area (Å²) in [5, 5.41) is 9.36. The van der Waals surface area contributed by atoms with Gasteiger partial charge in [-0.15, -0.1) is 0 Å². The molecule has 1 N–H and O–H groups in total. The summed E-state index contributed by atoms with van der Waals surface area (Å²) in [6, 6.07) is 11.9. The Morgan fingerprint density at radius 2 is 1.96 bits per heavy atom. The highest BCUT2D eigenvalue weighted by Gasteiger charge is 2.20. The zero-order valence-corrected chi connectivity index (χ0v) is 12.5. The quantitative estimate of drug-likeness (QED) is 0.798. The lowest BCUT2D eigenvalue weighted by molar-refractivity contribution is 0.0696. The van der Waals surface area contributed by atoms with E-state index in [2.05, 4.69) is 4.98 Å². The van der Waals surface area contributed by atoms with E-state index in [1.165, 1.54) is 12.3 Å². The van der Waals surface area contributed by atoms with Crippen LogP contribution in [0.1, 0.15) is 21.6 Å². The average molecular weight is 310 g/mol. The molecule has 0 unspecified atom stereocenters. The number of aromatic carboxylic acids is 1. The van der Waals surface area contributed by atoms with Gasteiger partial charge in [-0.05, 0) is 36.8 Å². The van der Waals surface area contributed by atoms with E-state index in [0.717, 1.165) is 5.69 Å². The number of benzene rings is 1. The van der Waals surface area contributed by atoms with Crippen LogP contribution < -0.4 is 0 Å². The summed E-state index contributed by atoms with van der Waals surface area (Å²) in [6.07, 6.45) is 3.21. The number of halogens is 1. The maximum atomic E-state index is 14.2. The first-order valence-corrected chi connectivity index (χ1v) is 7.15. The van der Waals surface area contributed by atoms with Crippen LogP contribution in [0, 0.1) is 12.7 Å². The number of carboxylic acid groups (broad SMARTS) is 1. The summed E-state index contributed by atoms with van der Waals surface area (Å²) >= 11 is 0. The summed E-state index contributed by atoms with van der Waals surface area (Å²) in [6.45, 7) is 2.07. The Hall–Kier alpha value is -2.95. The number of pyridine rings is 1. The second kappa shape index (κ2) is 6.04. The van der Waals surface area contributed by atoms with Gasteiger partial charge in [0, 0.05) is 18.0 Å². The summed E-state index contributed by atoms with van der Waals surface area (Å²) in [5.74, 6) is -1.41. The van der Waals surface area contributed by atoms with E-state index in [-0.39, 0.29) is 11.4 Å². The van der Waals surface area contributed by atoms with Gasteiger partial charge in [0.2, 0.25) is 0 Å². The van der Waals surface area contributed by atoms with Crippen molar-refractivity contribution in [2.45, 2.75) is 13.5 Å². The van der Waals surface area contributed by atoms with E-state index < -0.39 is 5.97 Å². The molecule has 23 heavy (non-hydrogen) atoms. The largest absolute Gasteiger partial charge is 0.478 e. The van der Waals surface area contributed by atoms with E-state index in [4.69, 9.17) is 0 Å². The molecule has 5 heteroatoms. The van der Waals surface area contributed by atoms with Crippen LogP contribution >= 0.6 is 0 Å². The fourth-order valence-corrected chi connectivity index (χ4v) is 2.68. The van der Waals surface area contributed by atoms with Gasteiger partial charge in [-0.25, -0.2) is 9.18 Å². The number of rotatable bonds is 4. The minimum atomic E-state index is -1.03. The zero-order chi connectivity index (χ0) is 16.4. The molecule has 4 nitrogen and oxygen atoms in total. The van der Waals surface area contributed by atoms with Crippen LogP contribution in [0.25, 0.3) is 11.3 Å². The summed E-state index contributed by atoms with van der Waals surface area (Å²) in [5.41, 5.74) is 2.43. The van der Waals surface area contributed by atoms with Gasteiger partial charge in [0.25, 0.3) is 0 Å². The molecule has 116 valence electrons. The monoisotopic (exact) mass is 310 g/mol. The van der Waals surface area contributed by atoms with Crippen molar-refractivity contribution in [3.05, 3.63) is 77.5 Å². The minimum Gasteiger partial charge on any atom is -0.478 e. The molecule has 1 aromatic carbocycles. The van der Waals surface area contributed by atoms with Gasteiger partial charge in [0.1, 0.15) is 5.82 Å². The minimum absolute atomic E-state index is 0.166. The second-order valence-electron chi connectivity index (χ2n) is 5.25. The number of hydrogen-bond donors (Lipinski definition) is 1. The van der Waals surface area contributed by atoms with Crippen molar-refractivity contribution in [1.82, 2.24) is 9.55 Å².